The van der Waals surface area contributed by atoms with Gasteiger partial charge in [-0.05, 0) is 43.7 Å². The highest BCUT2D eigenvalue weighted by Gasteiger charge is 2.26. The van der Waals surface area contributed by atoms with Crippen molar-refractivity contribution in [3.8, 4) is 0 Å². The maximum absolute atomic E-state index is 12.7. The number of amides is 1. The lowest BCUT2D eigenvalue weighted by Crippen LogP contribution is -2.45. The quantitative estimate of drug-likeness (QED) is 0.837. The molecule has 0 radical (unpaired) electrons. The van der Waals surface area contributed by atoms with Crippen LogP contribution in [0.15, 0.2) is 30.3 Å². The molecule has 2 aliphatic rings. The fraction of sp³-hybridized carbons (Fsp3) is 0.632. The smallest absolute Gasteiger partial charge is 0.237 e. The second-order valence-corrected chi connectivity index (χ2v) is 6.87. The first-order chi connectivity index (χ1) is 10.8. The number of hydrogen-bond donors (Lipinski definition) is 1. The largest absolute Gasteiger partial charge is 0.334 e. The number of hydrogen-bond acceptors (Lipinski definition) is 2. The number of carbonyl (C=O) groups is 1. The summed E-state index contributed by atoms with van der Waals surface area (Å²) < 4.78 is 0. The molecule has 3 rings (SSSR count). The van der Waals surface area contributed by atoms with Crippen LogP contribution in [0, 0.1) is 5.92 Å². The zero-order chi connectivity index (χ0) is 15.2. The van der Waals surface area contributed by atoms with E-state index in [9.17, 15) is 4.79 Å². The van der Waals surface area contributed by atoms with Crippen LogP contribution in [0.4, 0.5) is 0 Å². The average Bonchev–Trinajstić information content (AvgIpc) is 3.38. The van der Waals surface area contributed by atoms with Crippen molar-refractivity contribution in [2.75, 3.05) is 13.1 Å². The van der Waals surface area contributed by atoms with Gasteiger partial charge >= 0.3 is 0 Å². The van der Waals surface area contributed by atoms with E-state index in [1.807, 2.05) is 6.07 Å². The zero-order valence-electron chi connectivity index (χ0n) is 13.5. The van der Waals surface area contributed by atoms with Gasteiger partial charge in [-0.3, -0.25) is 4.79 Å². The van der Waals surface area contributed by atoms with Crippen LogP contribution in [0.25, 0.3) is 0 Å². The Bertz CT molecular complexity index is 464. The van der Waals surface area contributed by atoms with E-state index in [4.69, 9.17) is 0 Å². The topological polar surface area (TPSA) is 32.3 Å². The summed E-state index contributed by atoms with van der Waals surface area (Å²) in [5.74, 6) is 1.10. The lowest BCUT2D eigenvalue weighted by Gasteiger charge is -2.34. The Hall–Kier alpha value is -1.35. The van der Waals surface area contributed by atoms with Crippen molar-refractivity contribution in [2.45, 2.75) is 57.5 Å². The molecule has 0 heterocycles. The van der Waals surface area contributed by atoms with Crippen molar-refractivity contribution in [1.82, 2.24) is 10.2 Å². The summed E-state index contributed by atoms with van der Waals surface area (Å²) in [4.78, 5) is 14.8. The number of nitrogens with one attached hydrogen (secondary N) is 1. The van der Waals surface area contributed by atoms with E-state index >= 15 is 0 Å². The van der Waals surface area contributed by atoms with Crippen LogP contribution in [0.2, 0.25) is 0 Å². The van der Waals surface area contributed by atoms with Crippen LogP contribution < -0.4 is 5.32 Å². The van der Waals surface area contributed by atoms with Gasteiger partial charge in [0.25, 0.3) is 0 Å². The minimum atomic E-state index is 0.274. The standard InChI is InChI=1S/C19H28N2O/c22-19(14-20-13-16-11-12-16)21(18-9-5-2-6-10-18)15-17-7-3-1-4-8-17/h1,3-4,7-8,16,18,20H,2,5-6,9-15H2. The summed E-state index contributed by atoms with van der Waals surface area (Å²) in [7, 11) is 0. The molecule has 1 aromatic carbocycles. The SMILES string of the molecule is O=C(CNCC1CC1)N(Cc1ccccc1)C1CCCCC1. The molecule has 2 saturated carbocycles. The Morgan fingerprint density at radius 3 is 2.45 bits per heavy atom. The monoisotopic (exact) mass is 300 g/mol. The summed E-state index contributed by atoms with van der Waals surface area (Å²) in [6.45, 7) is 2.27. The lowest BCUT2D eigenvalue weighted by molar-refractivity contribution is -0.134. The van der Waals surface area contributed by atoms with Gasteiger partial charge in [0.2, 0.25) is 5.91 Å². The highest BCUT2D eigenvalue weighted by molar-refractivity contribution is 5.78. The van der Waals surface area contributed by atoms with Gasteiger partial charge in [0.05, 0.1) is 6.54 Å². The van der Waals surface area contributed by atoms with Gasteiger partial charge in [-0.1, -0.05) is 49.6 Å². The summed E-state index contributed by atoms with van der Waals surface area (Å²) in [6, 6.07) is 10.8. The first-order valence-electron chi connectivity index (χ1n) is 8.87. The molecule has 0 atom stereocenters. The minimum Gasteiger partial charge on any atom is -0.334 e. The van der Waals surface area contributed by atoms with Crippen LogP contribution in [0.1, 0.15) is 50.5 Å². The molecule has 22 heavy (non-hydrogen) atoms. The van der Waals surface area contributed by atoms with Gasteiger partial charge in [0, 0.05) is 12.6 Å². The van der Waals surface area contributed by atoms with Crippen LogP contribution in [0.5, 0.6) is 0 Å². The third-order valence-electron chi connectivity index (χ3n) is 4.94. The Morgan fingerprint density at radius 1 is 1.05 bits per heavy atom. The minimum absolute atomic E-state index is 0.274. The molecule has 0 spiro atoms. The van der Waals surface area contributed by atoms with Crippen LogP contribution in [-0.4, -0.2) is 29.9 Å². The molecule has 3 nitrogen and oxygen atoms in total. The van der Waals surface area contributed by atoms with E-state index in [2.05, 4.69) is 34.5 Å². The molecular weight excluding hydrogens is 272 g/mol. The molecule has 2 aliphatic carbocycles. The predicted molar refractivity (Wildman–Crippen MR) is 89.5 cm³/mol. The van der Waals surface area contributed by atoms with Crippen molar-refractivity contribution in [1.29, 1.82) is 0 Å². The molecule has 0 saturated heterocycles. The van der Waals surface area contributed by atoms with Crippen molar-refractivity contribution in [2.24, 2.45) is 5.92 Å². The first-order valence-corrected chi connectivity index (χ1v) is 8.87. The third kappa shape index (κ3) is 4.57. The van der Waals surface area contributed by atoms with E-state index in [0.717, 1.165) is 19.0 Å². The van der Waals surface area contributed by atoms with E-state index in [-0.39, 0.29) is 5.91 Å². The molecule has 1 N–H and O–H groups in total. The van der Waals surface area contributed by atoms with Gasteiger partial charge in [0.1, 0.15) is 0 Å². The zero-order valence-corrected chi connectivity index (χ0v) is 13.5. The summed E-state index contributed by atoms with van der Waals surface area (Å²) in [6.07, 6.45) is 8.85. The van der Waals surface area contributed by atoms with Crippen molar-refractivity contribution < 1.29 is 4.79 Å². The first kappa shape index (κ1) is 15.5. The number of nitrogens with zero attached hydrogens (tertiary/aromatic N) is 1. The fourth-order valence-electron chi connectivity index (χ4n) is 3.40. The second kappa shape index (κ2) is 7.77. The normalized spacial score (nSPS) is 19.1. The van der Waals surface area contributed by atoms with E-state index in [1.54, 1.807) is 0 Å². The predicted octanol–water partition coefficient (Wildman–Crippen LogP) is 3.35. The maximum Gasteiger partial charge on any atom is 0.237 e. The van der Waals surface area contributed by atoms with Crippen molar-refractivity contribution in [3.05, 3.63) is 35.9 Å². The molecule has 0 aromatic heterocycles. The average molecular weight is 300 g/mol. The maximum atomic E-state index is 12.7. The summed E-state index contributed by atoms with van der Waals surface area (Å²) >= 11 is 0. The van der Waals surface area contributed by atoms with Gasteiger partial charge < -0.3 is 10.2 Å². The van der Waals surface area contributed by atoms with Crippen molar-refractivity contribution in [3.63, 3.8) is 0 Å². The fourth-order valence-corrected chi connectivity index (χ4v) is 3.40. The van der Waals surface area contributed by atoms with Crippen molar-refractivity contribution >= 4 is 5.91 Å². The Balaban J connectivity index is 1.59. The molecule has 1 amide bonds. The lowest BCUT2D eigenvalue weighted by atomic mass is 9.93. The Kier molecular flexibility index (Phi) is 5.49. The Labute approximate surface area is 134 Å². The van der Waals surface area contributed by atoms with Gasteiger partial charge in [-0.2, -0.15) is 0 Å². The number of rotatable bonds is 7. The second-order valence-electron chi connectivity index (χ2n) is 6.87. The highest BCUT2D eigenvalue weighted by atomic mass is 16.2. The van der Waals surface area contributed by atoms with Gasteiger partial charge in [-0.15, -0.1) is 0 Å². The molecule has 0 aliphatic heterocycles. The molecule has 1 aromatic rings. The summed E-state index contributed by atoms with van der Waals surface area (Å²) in [5.41, 5.74) is 1.24. The molecule has 0 unspecified atom stereocenters. The van der Waals surface area contributed by atoms with Gasteiger partial charge in [-0.25, -0.2) is 0 Å². The molecule has 0 bridgehead atoms. The highest BCUT2D eigenvalue weighted by Crippen LogP contribution is 2.27. The van der Waals surface area contributed by atoms with Crippen LogP contribution >= 0.6 is 0 Å². The third-order valence-corrected chi connectivity index (χ3v) is 4.94. The molecule has 2 fully saturated rings. The van der Waals surface area contributed by atoms with Crippen LogP contribution in [0.3, 0.4) is 0 Å². The van der Waals surface area contributed by atoms with E-state index in [1.165, 1.54) is 50.5 Å². The summed E-state index contributed by atoms with van der Waals surface area (Å²) in [5, 5.41) is 3.36. The molecular formula is C19H28N2O. The van der Waals surface area contributed by atoms with E-state index in [0.29, 0.717) is 12.6 Å². The van der Waals surface area contributed by atoms with E-state index < -0.39 is 0 Å². The van der Waals surface area contributed by atoms with Crippen LogP contribution in [-0.2, 0) is 11.3 Å². The van der Waals surface area contributed by atoms with Gasteiger partial charge in [0.15, 0.2) is 0 Å². The molecule has 3 heteroatoms. The Morgan fingerprint density at radius 2 is 1.77 bits per heavy atom. The number of benzene rings is 1. The molecule has 120 valence electrons. The number of carbonyl (C=O) groups excluding carboxylic acids is 1.